The van der Waals surface area contributed by atoms with Crippen molar-refractivity contribution in [3.63, 3.8) is 0 Å². The van der Waals surface area contributed by atoms with Crippen molar-refractivity contribution in [1.29, 1.82) is 0 Å². The van der Waals surface area contributed by atoms with E-state index in [4.69, 9.17) is 9.47 Å². The SMILES string of the molecule is COC(OC)C1CCN(c2ccc(C3c4ccc(O)cc4C(F)(F)CC3c3ccc(F)cc3)cc2)CC1. The molecule has 5 rings (SSSR count). The zero-order valence-electron chi connectivity index (χ0n) is 21.0. The number of anilines is 1. The van der Waals surface area contributed by atoms with Crippen molar-refractivity contribution in [3.05, 3.63) is 94.8 Å². The number of fused-ring (bicyclic) bond motifs is 1. The lowest BCUT2D eigenvalue weighted by Crippen LogP contribution is -2.39. The molecule has 0 amide bonds. The van der Waals surface area contributed by atoms with Gasteiger partial charge in [-0.3, -0.25) is 0 Å². The Labute approximate surface area is 215 Å². The smallest absolute Gasteiger partial charge is 0.274 e. The standard InChI is InChI=1S/C30H32F3NO3/c1-36-29(37-2)21-13-15-34(16-14-21)23-9-5-20(6-10-23)28-25-12-11-24(35)17-27(25)30(32,33)18-26(28)19-3-7-22(31)8-4-19/h3-12,17,21,26,28-29,35H,13-16,18H2,1-2H3. The maximum absolute atomic E-state index is 15.3. The minimum Gasteiger partial charge on any atom is -0.508 e. The summed E-state index contributed by atoms with van der Waals surface area (Å²) in [5, 5.41) is 9.96. The van der Waals surface area contributed by atoms with Crippen LogP contribution in [0, 0.1) is 11.7 Å². The Kier molecular flexibility index (Phi) is 7.19. The number of phenols is 1. The van der Waals surface area contributed by atoms with Gasteiger partial charge in [0.05, 0.1) is 0 Å². The normalized spacial score (nSPS) is 21.7. The van der Waals surface area contributed by atoms with Gasteiger partial charge in [0.2, 0.25) is 0 Å². The Balaban J connectivity index is 1.46. The Morgan fingerprint density at radius 2 is 1.51 bits per heavy atom. The van der Waals surface area contributed by atoms with Crippen molar-refractivity contribution in [2.24, 2.45) is 5.92 Å². The summed E-state index contributed by atoms with van der Waals surface area (Å²) in [4.78, 5) is 2.32. The molecular weight excluding hydrogens is 479 g/mol. The van der Waals surface area contributed by atoms with E-state index in [0.29, 0.717) is 17.0 Å². The van der Waals surface area contributed by atoms with Crippen LogP contribution in [0.3, 0.4) is 0 Å². The largest absolute Gasteiger partial charge is 0.508 e. The maximum atomic E-state index is 15.3. The highest BCUT2D eigenvalue weighted by Crippen LogP contribution is 2.55. The lowest BCUT2D eigenvalue weighted by Gasteiger charge is -2.39. The molecule has 2 aliphatic rings. The number of methoxy groups -OCH3 is 2. The fourth-order valence-electron chi connectivity index (χ4n) is 6.09. The molecule has 1 aliphatic carbocycles. The van der Waals surface area contributed by atoms with Crippen molar-refractivity contribution >= 4 is 5.69 Å². The van der Waals surface area contributed by atoms with Crippen LogP contribution in [0.2, 0.25) is 0 Å². The Bertz CT molecular complexity index is 1200. The third kappa shape index (κ3) is 5.07. The van der Waals surface area contributed by atoms with Gasteiger partial charge in [-0.2, -0.15) is 0 Å². The number of piperidine rings is 1. The van der Waals surface area contributed by atoms with Gasteiger partial charge < -0.3 is 19.5 Å². The second-order valence-corrected chi connectivity index (χ2v) is 10.1. The van der Waals surface area contributed by atoms with Crippen molar-refractivity contribution in [2.75, 3.05) is 32.2 Å². The Morgan fingerprint density at radius 1 is 0.892 bits per heavy atom. The second-order valence-electron chi connectivity index (χ2n) is 10.1. The predicted molar refractivity (Wildman–Crippen MR) is 137 cm³/mol. The minimum absolute atomic E-state index is 0.146. The molecule has 3 aromatic carbocycles. The summed E-state index contributed by atoms with van der Waals surface area (Å²) in [6.07, 6.45) is 1.29. The molecule has 196 valence electrons. The van der Waals surface area contributed by atoms with E-state index in [9.17, 15) is 9.50 Å². The van der Waals surface area contributed by atoms with Crippen LogP contribution < -0.4 is 4.90 Å². The number of phenolic OH excluding ortho intramolecular Hbond substituents is 1. The van der Waals surface area contributed by atoms with Crippen LogP contribution in [0.4, 0.5) is 18.9 Å². The number of benzene rings is 3. The molecule has 0 spiro atoms. The molecule has 1 N–H and O–H groups in total. The first-order chi connectivity index (χ1) is 17.8. The first kappa shape index (κ1) is 25.6. The van der Waals surface area contributed by atoms with Crippen molar-refractivity contribution in [3.8, 4) is 5.75 Å². The highest BCUT2D eigenvalue weighted by Gasteiger charge is 2.47. The molecule has 0 bridgehead atoms. The molecule has 1 heterocycles. The number of hydrogen-bond donors (Lipinski definition) is 1. The van der Waals surface area contributed by atoms with E-state index in [1.165, 1.54) is 24.3 Å². The first-order valence-corrected chi connectivity index (χ1v) is 12.7. The van der Waals surface area contributed by atoms with Crippen LogP contribution in [-0.2, 0) is 15.4 Å². The molecular formula is C30H32F3NO3. The lowest BCUT2D eigenvalue weighted by atomic mass is 9.68. The number of ether oxygens (including phenoxy) is 2. The average Bonchev–Trinajstić information content (AvgIpc) is 2.90. The maximum Gasteiger partial charge on any atom is 0.274 e. The average molecular weight is 512 g/mol. The number of hydrogen-bond acceptors (Lipinski definition) is 4. The van der Waals surface area contributed by atoms with Gasteiger partial charge in [0, 0.05) is 62.7 Å². The third-order valence-corrected chi connectivity index (χ3v) is 7.95. The quantitative estimate of drug-likeness (QED) is 0.371. The molecule has 0 aromatic heterocycles. The van der Waals surface area contributed by atoms with Gasteiger partial charge in [0.15, 0.2) is 6.29 Å². The summed E-state index contributed by atoms with van der Waals surface area (Å²) < 4.78 is 55.2. The molecule has 2 unspecified atom stereocenters. The zero-order chi connectivity index (χ0) is 26.2. The highest BCUT2D eigenvalue weighted by molar-refractivity contribution is 5.53. The van der Waals surface area contributed by atoms with Gasteiger partial charge in [-0.15, -0.1) is 0 Å². The number of aromatic hydroxyl groups is 1. The van der Waals surface area contributed by atoms with Gasteiger partial charge in [-0.1, -0.05) is 30.3 Å². The molecule has 1 saturated heterocycles. The van der Waals surface area contributed by atoms with E-state index in [1.54, 1.807) is 32.4 Å². The Morgan fingerprint density at radius 3 is 2.14 bits per heavy atom. The highest BCUT2D eigenvalue weighted by atomic mass is 19.3. The van der Waals surface area contributed by atoms with Crippen LogP contribution in [-0.4, -0.2) is 38.7 Å². The summed E-state index contributed by atoms with van der Waals surface area (Å²) in [5.41, 5.74) is 3.00. The van der Waals surface area contributed by atoms with Crippen molar-refractivity contribution in [1.82, 2.24) is 0 Å². The molecule has 7 heteroatoms. The molecule has 1 fully saturated rings. The van der Waals surface area contributed by atoms with E-state index in [0.717, 1.165) is 37.2 Å². The van der Waals surface area contributed by atoms with Crippen LogP contribution in [0.15, 0.2) is 66.7 Å². The van der Waals surface area contributed by atoms with Crippen molar-refractivity contribution in [2.45, 2.75) is 43.3 Å². The first-order valence-electron chi connectivity index (χ1n) is 12.7. The summed E-state index contributed by atoms with van der Waals surface area (Å²) in [6, 6.07) is 18.2. The molecule has 0 radical (unpaired) electrons. The van der Waals surface area contributed by atoms with Gasteiger partial charge in [0.25, 0.3) is 5.92 Å². The van der Waals surface area contributed by atoms with Crippen molar-refractivity contribution < 1.29 is 27.8 Å². The topological polar surface area (TPSA) is 41.9 Å². The van der Waals surface area contributed by atoms with E-state index < -0.39 is 24.1 Å². The predicted octanol–water partition coefficient (Wildman–Crippen LogP) is 6.78. The summed E-state index contributed by atoms with van der Waals surface area (Å²) in [5.74, 6) is -4.25. The van der Waals surface area contributed by atoms with E-state index in [1.807, 2.05) is 24.3 Å². The summed E-state index contributed by atoms with van der Waals surface area (Å²) in [7, 11) is 3.33. The van der Waals surface area contributed by atoms with E-state index >= 15 is 8.78 Å². The van der Waals surface area contributed by atoms with Gasteiger partial charge in [-0.25, -0.2) is 13.2 Å². The Hall–Kier alpha value is -3.03. The second kappa shape index (κ2) is 10.4. The molecule has 0 saturated carbocycles. The number of rotatable bonds is 6. The van der Waals surface area contributed by atoms with Gasteiger partial charge in [0.1, 0.15) is 11.6 Å². The molecule has 4 nitrogen and oxygen atoms in total. The monoisotopic (exact) mass is 511 g/mol. The number of nitrogens with zero attached hydrogens (tertiary/aromatic N) is 1. The van der Waals surface area contributed by atoms with Gasteiger partial charge >= 0.3 is 0 Å². The molecule has 37 heavy (non-hydrogen) atoms. The number of alkyl halides is 2. The van der Waals surface area contributed by atoms with Gasteiger partial charge in [-0.05, 0) is 65.9 Å². The zero-order valence-corrected chi connectivity index (χ0v) is 21.0. The summed E-state index contributed by atoms with van der Waals surface area (Å²) >= 11 is 0. The van der Waals surface area contributed by atoms with E-state index in [2.05, 4.69) is 4.90 Å². The fourth-order valence-corrected chi connectivity index (χ4v) is 6.09. The number of halogens is 3. The lowest BCUT2D eigenvalue weighted by molar-refractivity contribution is -0.141. The fraction of sp³-hybridized carbons (Fsp3) is 0.400. The van der Waals surface area contributed by atoms with Crippen LogP contribution in [0.5, 0.6) is 5.75 Å². The third-order valence-electron chi connectivity index (χ3n) is 7.95. The molecule has 2 atom stereocenters. The van der Waals surface area contributed by atoms with Crippen LogP contribution >= 0.6 is 0 Å². The molecule has 1 aliphatic heterocycles. The van der Waals surface area contributed by atoms with Crippen LogP contribution in [0.1, 0.15) is 53.4 Å². The minimum atomic E-state index is -3.11. The van der Waals surface area contributed by atoms with Crippen LogP contribution in [0.25, 0.3) is 0 Å². The van der Waals surface area contributed by atoms with E-state index in [-0.39, 0.29) is 23.5 Å². The summed E-state index contributed by atoms with van der Waals surface area (Å²) in [6.45, 7) is 1.76. The molecule has 3 aromatic rings.